The molecular weight excluding hydrogens is 493 g/mol. The topological polar surface area (TPSA) is 139 Å². The minimum Gasteiger partial charge on any atom is -0.480 e. The number of carbonyl (C=O) groups is 4. The average molecular weight is 512 g/mol. The Labute approximate surface area is 201 Å². The van der Waals surface area contributed by atoms with E-state index in [9.17, 15) is 28.7 Å². The Bertz CT molecular complexity index is 1200. The number of carboxylic acids is 1. The molecule has 0 radical (unpaired) electrons. The molecule has 3 atom stereocenters. The summed E-state index contributed by atoms with van der Waals surface area (Å²) in [6, 6.07) is 1.83. The molecule has 4 rings (SSSR count). The molecule has 2 saturated heterocycles. The molecule has 2 aromatic rings. The summed E-state index contributed by atoms with van der Waals surface area (Å²) in [5, 5.41) is 15.2. The standard InChI is InChI=1S/C21H19ClFN3O7S/c1-8(27)32-7-11-13(14(25-33-11)12-9(22)5-4-6-10(12)23)17(28)24-15-18(29)26-16(20(30)31)21(2,3)34-19(15)26/h4-6,15-16,19H,7H2,1-3H3,(H,24,28)(H,30,31)/t15-,16+,19-/m1/s1. The van der Waals surface area contributed by atoms with Gasteiger partial charge in [-0.25, -0.2) is 9.18 Å². The summed E-state index contributed by atoms with van der Waals surface area (Å²) >= 11 is 7.39. The Morgan fingerprint density at radius 3 is 2.71 bits per heavy atom. The SMILES string of the molecule is CC(=O)OCc1onc(-c2c(F)cccc2Cl)c1C(=O)N[C@@H]1C(=O)N2[C@@H]1SC(C)(C)[C@@H]2C(=O)O. The lowest BCUT2D eigenvalue weighted by Crippen LogP contribution is -2.70. The van der Waals surface area contributed by atoms with Crippen molar-refractivity contribution in [2.45, 2.75) is 49.6 Å². The minimum atomic E-state index is -1.14. The van der Waals surface area contributed by atoms with Crippen molar-refractivity contribution in [1.82, 2.24) is 15.4 Å². The Morgan fingerprint density at radius 1 is 1.38 bits per heavy atom. The number of carboxylic acid groups (broad SMARTS) is 1. The Hall–Kier alpha value is -3.12. The molecule has 2 aliphatic heterocycles. The molecule has 0 unspecified atom stereocenters. The Morgan fingerprint density at radius 2 is 2.09 bits per heavy atom. The Kier molecular flexibility index (Phi) is 6.06. The van der Waals surface area contributed by atoms with Gasteiger partial charge in [-0.2, -0.15) is 0 Å². The van der Waals surface area contributed by atoms with Gasteiger partial charge in [-0.1, -0.05) is 22.8 Å². The molecule has 34 heavy (non-hydrogen) atoms. The van der Waals surface area contributed by atoms with E-state index in [1.54, 1.807) is 13.8 Å². The number of amides is 2. The maximum absolute atomic E-state index is 14.6. The molecule has 0 spiro atoms. The first-order valence-corrected chi connectivity index (χ1v) is 11.3. The van der Waals surface area contributed by atoms with Crippen LogP contribution in [0.1, 0.15) is 36.9 Å². The number of esters is 1. The highest BCUT2D eigenvalue weighted by Gasteiger charge is 2.64. The summed E-state index contributed by atoms with van der Waals surface area (Å²) < 4.78 is 23.9. The van der Waals surface area contributed by atoms with Gasteiger partial charge in [0.1, 0.15) is 34.5 Å². The van der Waals surface area contributed by atoms with E-state index >= 15 is 0 Å². The van der Waals surface area contributed by atoms with Crippen LogP contribution in [0.15, 0.2) is 22.7 Å². The van der Waals surface area contributed by atoms with Crippen molar-refractivity contribution < 1.29 is 37.9 Å². The quantitative estimate of drug-likeness (QED) is 0.442. The van der Waals surface area contributed by atoms with Gasteiger partial charge in [-0.3, -0.25) is 14.4 Å². The number of benzene rings is 1. The number of thioether (sulfide) groups is 1. The molecule has 2 aliphatic rings. The number of aliphatic carboxylic acids is 1. The van der Waals surface area contributed by atoms with Gasteiger partial charge in [0, 0.05) is 11.7 Å². The fraction of sp³-hybridized carbons (Fsp3) is 0.381. The van der Waals surface area contributed by atoms with E-state index < -0.39 is 58.4 Å². The maximum Gasteiger partial charge on any atom is 0.327 e. The van der Waals surface area contributed by atoms with E-state index in [1.165, 1.54) is 28.8 Å². The molecule has 0 saturated carbocycles. The molecule has 1 aromatic carbocycles. The second kappa shape index (κ2) is 8.58. The molecule has 13 heteroatoms. The summed E-state index contributed by atoms with van der Waals surface area (Å²) in [6.45, 7) is 4.10. The van der Waals surface area contributed by atoms with Gasteiger partial charge in [0.25, 0.3) is 5.91 Å². The predicted molar refractivity (Wildman–Crippen MR) is 117 cm³/mol. The maximum atomic E-state index is 14.6. The number of β-lactam (4-membered cyclic amide) rings is 1. The number of halogens is 2. The van der Waals surface area contributed by atoms with Crippen molar-refractivity contribution in [2.75, 3.05) is 0 Å². The van der Waals surface area contributed by atoms with Crippen LogP contribution in [0.3, 0.4) is 0 Å². The zero-order valence-electron chi connectivity index (χ0n) is 18.1. The van der Waals surface area contributed by atoms with E-state index in [1.807, 2.05) is 0 Å². The molecule has 2 N–H and O–H groups in total. The number of ether oxygens (including phenoxy) is 1. The summed E-state index contributed by atoms with van der Waals surface area (Å²) in [6.07, 6.45) is 0. The third-order valence-electron chi connectivity index (χ3n) is 5.56. The van der Waals surface area contributed by atoms with Crippen molar-refractivity contribution in [3.05, 3.63) is 40.4 Å². The number of carbonyl (C=O) groups excluding carboxylic acids is 3. The summed E-state index contributed by atoms with van der Waals surface area (Å²) in [5.74, 6) is -4.13. The van der Waals surface area contributed by atoms with Gasteiger partial charge in [-0.15, -0.1) is 11.8 Å². The summed E-state index contributed by atoms with van der Waals surface area (Å²) in [7, 11) is 0. The summed E-state index contributed by atoms with van der Waals surface area (Å²) in [5.41, 5.74) is -0.679. The van der Waals surface area contributed by atoms with E-state index in [4.69, 9.17) is 20.9 Å². The van der Waals surface area contributed by atoms with Crippen LogP contribution in [0, 0.1) is 5.82 Å². The van der Waals surface area contributed by atoms with Crippen molar-refractivity contribution in [2.24, 2.45) is 0 Å². The van der Waals surface area contributed by atoms with Crippen LogP contribution in [0.5, 0.6) is 0 Å². The van der Waals surface area contributed by atoms with Crippen LogP contribution in [-0.4, -0.2) is 61.1 Å². The molecule has 3 heterocycles. The highest BCUT2D eigenvalue weighted by molar-refractivity contribution is 8.01. The van der Waals surface area contributed by atoms with E-state index in [0.29, 0.717) is 0 Å². The van der Waals surface area contributed by atoms with E-state index in [-0.39, 0.29) is 27.6 Å². The van der Waals surface area contributed by atoms with Gasteiger partial charge >= 0.3 is 11.9 Å². The number of hydrogen-bond acceptors (Lipinski definition) is 8. The zero-order valence-corrected chi connectivity index (χ0v) is 19.7. The number of aromatic nitrogens is 1. The second-order valence-electron chi connectivity index (χ2n) is 8.26. The zero-order chi connectivity index (χ0) is 24.9. The highest BCUT2D eigenvalue weighted by Crippen LogP contribution is 2.50. The second-order valence-corrected chi connectivity index (χ2v) is 10.4. The van der Waals surface area contributed by atoms with Gasteiger partial charge in [-0.05, 0) is 26.0 Å². The average Bonchev–Trinajstić information content (AvgIpc) is 3.26. The third-order valence-corrected chi connectivity index (χ3v) is 7.44. The molecule has 1 aromatic heterocycles. The molecule has 2 fully saturated rings. The normalized spacial score (nSPS) is 22.7. The largest absolute Gasteiger partial charge is 0.480 e. The molecule has 0 bridgehead atoms. The Balaban J connectivity index is 1.67. The fourth-order valence-electron chi connectivity index (χ4n) is 4.08. The van der Waals surface area contributed by atoms with E-state index in [0.717, 1.165) is 13.0 Å². The number of nitrogens with one attached hydrogen (secondary N) is 1. The van der Waals surface area contributed by atoms with Gasteiger partial charge in [0.15, 0.2) is 12.4 Å². The highest BCUT2D eigenvalue weighted by atomic mass is 35.5. The lowest BCUT2D eigenvalue weighted by atomic mass is 9.95. The van der Waals surface area contributed by atoms with Crippen molar-refractivity contribution >= 4 is 47.1 Å². The van der Waals surface area contributed by atoms with Crippen LogP contribution in [-0.2, 0) is 25.7 Å². The lowest BCUT2D eigenvalue weighted by Gasteiger charge is -2.43. The molecule has 2 amide bonds. The van der Waals surface area contributed by atoms with Crippen molar-refractivity contribution in [3.8, 4) is 11.3 Å². The van der Waals surface area contributed by atoms with Crippen LogP contribution in [0.2, 0.25) is 5.02 Å². The van der Waals surface area contributed by atoms with Crippen LogP contribution >= 0.6 is 23.4 Å². The van der Waals surface area contributed by atoms with Crippen molar-refractivity contribution in [1.29, 1.82) is 0 Å². The van der Waals surface area contributed by atoms with Crippen molar-refractivity contribution in [3.63, 3.8) is 0 Å². The van der Waals surface area contributed by atoms with E-state index in [2.05, 4.69) is 10.5 Å². The fourth-order valence-corrected chi connectivity index (χ4v) is 5.96. The molecule has 180 valence electrons. The molecule has 0 aliphatic carbocycles. The monoisotopic (exact) mass is 511 g/mol. The van der Waals surface area contributed by atoms with Gasteiger partial charge in [0.2, 0.25) is 5.91 Å². The summed E-state index contributed by atoms with van der Waals surface area (Å²) in [4.78, 5) is 50.2. The van der Waals surface area contributed by atoms with Crippen LogP contribution in [0.4, 0.5) is 4.39 Å². The molecular formula is C21H19ClFN3O7S. The number of rotatable bonds is 6. The lowest BCUT2D eigenvalue weighted by molar-refractivity contribution is -0.159. The first-order valence-electron chi connectivity index (χ1n) is 10.0. The third kappa shape index (κ3) is 3.90. The predicted octanol–water partition coefficient (Wildman–Crippen LogP) is 2.44. The number of nitrogens with zero attached hydrogens (tertiary/aromatic N) is 2. The van der Waals surface area contributed by atoms with Gasteiger partial charge < -0.3 is 24.6 Å². The number of hydrogen-bond donors (Lipinski definition) is 2. The first kappa shape index (κ1) is 24.0. The number of fused-ring (bicyclic) bond motifs is 1. The smallest absolute Gasteiger partial charge is 0.327 e. The minimum absolute atomic E-state index is 0.0373. The van der Waals surface area contributed by atoms with Gasteiger partial charge in [0.05, 0.1) is 10.6 Å². The van der Waals surface area contributed by atoms with Crippen LogP contribution in [0.25, 0.3) is 11.3 Å². The van der Waals surface area contributed by atoms with Crippen LogP contribution < -0.4 is 5.32 Å². The first-order chi connectivity index (χ1) is 15.9. The molecule has 10 nitrogen and oxygen atoms in total.